The van der Waals surface area contributed by atoms with E-state index in [0.717, 1.165) is 108 Å². The van der Waals surface area contributed by atoms with E-state index in [1.54, 1.807) is 0 Å². The van der Waals surface area contributed by atoms with Crippen LogP contribution >= 0.6 is 34.0 Å². The van der Waals surface area contributed by atoms with Gasteiger partial charge in [-0.1, -0.05) is 206 Å². The minimum Gasteiger partial charge on any atom is -0.458 e. The van der Waals surface area contributed by atoms with Crippen LogP contribution in [0.4, 0.5) is 85.3 Å². The van der Waals surface area contributed by atoms with E-state index in [2.05, 4.69) is 358 Å². The smallest absolute Gasteiger partial charge is 0.256 e. The molecule has 0 bridgehead atoms. The lowest BCUT2D eigenvalue weighted by molar-refractivity contribution is 0.487. The van der Waals surface area contributed by atoms with Crippen molar-refractivity contribution in [1.82, 2.24) is 0 Å². The third-order valence-electron chi connectivity index (χ3n) is 21.2. The summed E-state index contributed by atoms with van der Waals surface area (Å²) in [6.07, 6.45) is 0. The summed E-state index contributed by atoms with van der Waals surface area (Å²) < 4.78 is 14.9. The molecule has 0 radical (unpaired) electrons. The second kappa shape index (κ2) is 22.2. The molecule has 0 unspecified atom stereocenters. The number of nitrogens with zero attached hydrogens (tertiary/aromatic N) is 5. The predicted octanol–water partition coefficient (Wildman–Crippen LogP) is 22.2. The summed E-state index contributed by atoms with van der Waals surface area (Å²) in [7, 11) is 0. The predicted molar refractivity (Wildman–Crippen MR) is 434 cm³/mol. The van der Waals surface area contributed by atoms with Crippen LogP contribution in [0.1, 0.15) is 0 Å². The summed E-state index contributed by atoms with van der Waals surface area (Å²) in [6.45, 7) is -0.423. The molecule has 101 heavy (non-hydrogen) atoms. The number of thiophene rings is 3. The van der Waals surface area contributed by atoms with Crippen LogP contribution in [0.5, 0.6) is 11.5 Å². The number of rotatable bonds is 9. The van der Waals surface area contributed by atoms with Gasteiger partial charge in [0.1, 0.15) is 11.5 Å². The molecule has 3 aromatic heterocycles. The summed E-state index contributed by atoms with van der Waals surface area (Å²) >= 11 is 5.61. The van der Waals surface area contributed by atoms with Gasteiger partial charge < -0.3 is 29.2 Å². The molecule has 11 heteroatoms. The van der Waals surface area contributed by atoms with Gasteiger partial charge in [-0.2, -0.15) is 0 Å². The topological polar surface area (TPSA) is 25.4 Å². The number of ether oxygens (including phenoxy) is 1. The van der Waals surface area contributed by atoms with Crippen molar-refractivity contribution in [3.8, 4) is 11.5 Å². The first-order valence-electron chi connectivity index (χ1n) is 34.4. The molecule has 18 aromatic rings. The molecule has 0 fully saturated rings. The second-order valence-corrected chi connectivity index (χ2v) is 29.7. The zero-order chi connectivity index (χ0) is 66.0. The lowest BCUT2D eigenvalue weighted by Crippen LogP contribution is -2.64. The van der Waals surface area contributed by atoms with E-state index in [-0.39, 0.29) is 13.4 Å². The van der Waals surface area contributed by atoms with Crippen LogP contribution in [0.25, 0.3) is 60.5 Å². The fourth-order valence-electron chi connectivity index (χ4n) is 17.1. The molecule has 0 N–H and O–H groups in total. The molecule has 470 valence electrons. The summed E-state index contributed by atoms with van der Waals surface area (Å²) in [5.41, 5.74) is 23.6. The molecule has 0 spiro atoms. The molecule has 6 nitrogen and oxygen atoms in total. The minimum absolute atomic E-state index is 0.209. The number of para-hydroxylation sites is 6. The van der Waals surface area contributed by atoms with Crippen LogP contribution < -0.4 is 62.0 Å². The van der Waals surface area contributed by atoms with E-state index in [4.69, 9.17) is 4.74 Å². The van der Waals surface area contributed by atoms with Gasteiger partial charge in [0, 0.05) is 109 Å². The summed E-state index contributed by atoms with van der Waals surface area (Å²) in [6, 6.07) is 124. The molecule has 0 saturated heterocycles. The van der Waals surface area contributed by atoms with E-state index in [1.807, 2.05) is 34.0 Å². The first kappa shape index (κ1) is 56.9. The van der Waals surface area contributed by atoms with Gasteiger partial charge in [0.15, 0.2) is 0 Å². The monoisotopic (exact) mass is 1340 g/mol. The largest absolute Gasteiger partial charge is 0.458 e. The summed E-state index contributed by atoms with van der Waals surface area (Å²) in [5.74, 6) is 1.70. The SMILES string of the molecule is c1ccc(N2c3cc4c(cc3B3c5ccccc5Oc5cc(N(c6ccccc6)c6cccc7c6sc6ccccc67)cc2c53)B2c3ccccc3N(c3ccccc3)c3cc(N(c5ccccc5)c5cccc6c5sc5ccccc56)cc(c32)N4c2cccc3c2sc2ccccc23)cc1. The Hall–Kier alpha value is -12.1. The van der Waals surface area contributed by atoms with Crippen molar-refractivity contribution < 1.29 is 4.74 Å². The Bertz CT molecular complexity index is 6460. The molecule has 4 aliphatic rings. The molecule has 4 aliphatic heterocycles. The van der Waals surface area contributed by atoms with Crippen LogP contribution in [-0.4, -0.2) is 13.4 Å². The number of hydrogen-bond donors (Lipinski definition) is 0. The Balaban J connectivity index is 0.861. The average molecular weight is 1340 g/mol. The maximum atomic E-state index is 7.46. The maximum absolute atomic E-state index is 7.46. The summed E-state index contributed by atoms with van der Waals surface area (Å²) in [5, 5.41) is 7.51. The lowest BCUT2D eigenvalue weighted by atomic mass is 9.30. The van der Waals surface area contributed by atoms with Gasteiger partial charge in [-0.3, -0.25) is 0 Å². The van der Waals surface area contributed by atoms with Crippen molar-refractivity contribution in [2.24, 2.45) is 0 Å². The molecule has 15 aromatic carbocycles. The molecule has 22 rings (SSSR count). The summed E-state index contributed by atoms with van der Waals surface area (Å²) in [4.78, 5) is 12.8. The Morgan fingerprint density at radius 2 is 0.653 bits per heavy atom. The fraction of sp³-hybridized carbons (Fsp3) is 0. The molecule has 0 aliphatic carbocycles. The van der Waals surface area contributed by atoms with E-state index < -0.39 is 0 Å². The third-order valence-corrected chi connectivity index (χ3v) is 24.8. The van der Waals surface area contributed by atoms with Gasteiger partial charge in [0.25, 0.3) is 13.4 Å². The second-order valence-electron chi connectivity index (χ2n) is 26.6. The molecular formula is C90H55B2N5OS3. The van der Waals surface area contributed by atoms with Crippen molar-refractivity contribution in [2.45, 2.75) is 0 Å². The highest BCUT2D eigenvalue weighted by Crippen LogP contribution is 2.55. The average Bonchev–Trinajstić information content (AvgIpc) is 1.54. The van der Waals surface area contributed by atoms with E-state index >= 15 is 0 Å². The van der Waals surface area contributed by atoms with Crippen molar-refractivity contribution in [1.29, 1.82) is 0 Å². The third kappa shape index (κ3) is 8.46. The van der Waals surface area contributed by atoms with Crippen molar-refractivity contribution in [3.63, 3.8) is 0 Å². The molecule has 0 atom stereocenters. The van der Waals surface area contributed by atoms with E-state index in [9.17, 15) is 0 Å². The standard InChI is InChI=1S/C90H55B2N5OS3/c1-5-26-56(27-6-1)93(73-43-23-37-65-62-34-13-20-47-83(62)99-88(65)73)60-50-78-86-79(51-60)97(75-45-25-39-67-64-36-15-22-49-85(64)101-90(67)75)77-55-76-70(54-71(77)91(86)68-40-16-18-42-72(68)95(78)58-30-9-3-10-31-58)92-69-41-17-19-46-81(69)98-82-53-61(52-80(87(82)92)96(76)59-32-11-4-12-33-59)94(57-28-7-2-8-29-57)74-44-24-38-66-63-35-14-21-48-84(63)100-89(66)74/h1-55H. The molecule has 0 saturated carbocycles. The first-order valence-corrected chi connectivity index (χ1v) is 36.9. The van der Waals surface area contributed by atoms with E-state index in [1.165, 1.54) is 82.4 Å². The number of benzene rings is 15. The van der Waals surface area contributed by atoms with Crippen molar-refractivity contribution >= 4 is 226 Å². The molecular weight excluding hydrogens is 1280 g/mol. The molecule has 7 heterocycles. The van der Waals surface area contributed by atoms with Gasteiger partial charge in [0.2, 0.25) is 0 Å². The van der Waals surface area contributed by atoms with Crippen LogP contribution in [0.3, 0.4) is 0 Å². The zero-order valence-corrected chi connectivity index (χ0v) is 56.7. The minimum atomic E-state index is -0.214. The zero-order valence-electron chi connectivity index (χ0n) is 54.3. The van der Waals surface area contributed by atoms with Crippen molar-refractivity contribution in [2.75, 3.05) is 24.5 Å². The highest BCUT2D eigenvalue weighted by Gasteiger charge is 2.49. The number of hydrogen-bond acceptors (Lipinski definition) is 9. The van der Waals surface area contributed by atoms with Crippen LogP contribution in [0.2, 0.25) is 0 Å². The van der Waals surface area contributed by atoms with Crippen LogP contribution in [0.15, 0.2) is 334 Å². The van der Waals surface area contributed by atoms with Gasteiger partial charge >= 0.3 is 0 Å². The van der Waals surface area contributed by atoms with E-state index in [0.29, 0.717) is 0 Å². The van der Waals surface area contributed by atoms with Crippen LogP contribution in [0, 0.1) is 0 Å². The lowest BCUT2D eigenvalue weighted by Gasteiger charge is -2.47. The Morgan fingerprint density at radius 1 is 0.248 bits per heavy atom. The fourth-order valence-corrected chi connectivity index (χ4v) is 20.7. The van der Waals surface area contributed by atoms with Gasteiger partial charge in [-0.05, 0) is 154 Å². The maximum Gasteiger partial charge on any atom is 0.256 e. The highest BCUT2D eigenvalue weighted by molar-refractivity contribution is 7.27. The normalized spacial score (nSPS) is 13.1. The Labute approximate surface area is 596 Å². The quantitative estimate of drug-likeness (QED) is 0.134. The molecule has 0 amide bonds. The highest BCUT2D eigenvalue weighted by atomic mass is 32.1. The first-order chi connectivity index (χ1) is 50.1. The Kier molecular flexibility index (Phi) is 12.5. The van der Waals surface area contributed by atoms with Gasteiger partial charge in [0.05, 0.1) is 42.5 Å². The number of anilines is 15. The van der Waals surface area contributed by atoms with Crippen LogP contribution in [-0.2, 0) is 0 Å². The van der Waals surface area contributed by atoms with Gasteiger partial charge in [-0.25, -0.2) is 0 Å². The van der Waals surface area contributed by atoms with Gasteiger partial charge in [-0.15, -0.1) is 34.0 Å². The Morgan fingerprint density at radius 3 is 1.24 bits per heavy atom. The van der Waals surface area contributed by atoms with Crippen molar-refractivity contribution in [3.05, 3.63) is 334 Å². The number of fused-ring (bicyclic) bond motifs is 17.